The van der Waals surface area contributed by atoms with Crippen LogP contribution in [0.1, 0.15) is 45.4 Å². The summed E-state index contributed by atoms with van der Waals surface area (Å²) in [5.74, 6) is -2.17. The van der Waals surface area contributed by atoms with Gasteiger partial charge < -0.3 is 15.3 Å². The molecule has 2 N–H and O–H groups in total. The average Bonchev–Trinajstić information content (AvgIpc) is 2.52. The largest absolute Gasteiger partial charge is 0.480 e. The number of nitrogens with one attached hydrogen (secondary N) is 1. The molecule has 6 nitrogen and oxygen atoms in total. The predicted octanol–water partition coefficient (Wildman–Crippen LogP) is 2.69. The van der Waals surface area contributed by atoms with E-state index in [4.69, 9.17) is 5.11 Å². The number of alkyl halides is 3. The number of likely N-dealkylation sites (tertiary alicyclic amines) is 1. The quantitative estimate of drug-likeness (QED) is 0.756. The SMILES string of the molecule is CCN(CC(=O)O)C1CC(NC(=O)N2CCC(C(F)(F)F)C3(CCC3)C2)C1. The Labute approximate surface area is 157 Å². The lowest BCUT2D eigenvalue weighted by molar-refractivity contribution is -0.235. The number of rotatable bonds is 5. The number of carboxylic acid groups (broad SMARTS) is 1. The van der Waals surface area contributed by atoms with Gasteiger partial charge in [-0.25, -0.2) is 4.79 Å². The van der Waals surface area contributed by atoms with E-state index >= 15 is 0 Å². The number of nitrogens with zero attached hydrogens (tertiary/aromatic N) is 2. The highest BCUT2D eigenvalue weighted by atomic mass is 19.4. The lowest BCUT2D eigenvalue weighted by atomic mass is 9.58. The van der Waals surface area contributed by atoms with E-state index in [1.165, 1.54) is 0 Å². The molecule has 0 radical (unpaired) electrons. The van der Waals surface area contributed by atoms with Crippen molar-refractivity contribution in [2.45, 2.75) is 63.7 Å². The maximum absolute atomic E-state index is 13.3. The number of aliphatic carboxylic acids is 1. The van der Waals surface area contributed by atoms with Gasteiger partial charge in [-0.2, -0.15) is 13.2 Å². The molecule has 1 atom stereocenters. The van der Waals surface area contributed by atoms with Gasteiger partial charge in [0.25, 0.3) is 0 Å². The normalized spacial score (nSPS) is 30.0. The van der Waals surface area contributed by atoms with Crippen LogP contribution < -0.4 is 5.32 Å². The Morgan fingerprint density at radius 3 is 2.44 bits per heavy atom. The minimum absolute atomic E-state index is 0.0185. The van der Waals surface area contributed by atoms with E-state index in [0.29, 0.717) is 32.2 Å². The maximum atomic E-state index is 13.3. The molecule has 0 aromatic rings. The smallest absolute Gasteiger partial charge is 0.392 e. The lowest BCUT2D eigenvalue weighted by Crippen LogP contribution is -2.61. The van der Waals surface area contributed by atoms with Crippen molar-refractivity contribution in [2.24, 2.45) is 11.3 Å². The van der Waals surface area contributed by atoms with Crippen LogP contribution in [0.2, 0.25) is 0 Å². The third-order valence-electron chi connectivity index (χ3n) is 6.67. The highest BCUT2D eigenvalue weighted by Gasteiger charge is 2.58. The Morgan fingerprint density at radius 1 is 1.30 bits per heavy atom. The fourth-order valence-corrected chi connectivity index (χ4v) is 4.92. The summed E-state index contributed by atoms with van der Waals surface area (Å²) in [4.78, 5) is 26.8. The van der Waals surface area contributed by atoms with E-state index in [0.717, 1.165) is 6.42 Å². The Hall–Kier alpha value is -1.51. The molecule has 1 unspecified atom stereocenters. The molecule has 3 rings (SSSR count). The van der Waals surface area contributed by atoms with E-state index in [1.807, 2.05) is 11.8 Å². The first-order valence-corrected chi connectivity index (χ1v) is 9.72. The molecule has 0 bridgehead atoms. The molecule has 1 heterocycles. The Kier molecular flexibility index (Phi) is 5.61. The number of halogens is 3. The van der Waals surface area contributed by atoms with Crippen LogP contribution in [0.4, 0.5) is 18.0 Å². The molecule has 2 saturated carbocycles. The lowest BCUT2D eigenvalue weighted by Gasteiger charge is -2.54. The van der Waals surface area contributed by atoms with Crippen molar-refractivity contribution in [3.8, 4) is 0 Å². The Bertz CT molecular complexity index is 574. The number of likely N-dealkylation sites (N-methyl/N-ethyl adjacent to an activating group) is 1. The fourth-order valence-electron chi connectivity index (χ4n) is 4.92. The second-order valence-corrected chi connectivity index (χ2v) is 8.25. The first-order valence-electron chi connectivity index (χ1n) is 9.72. The number of carbonyl (C=O) groups excluding carboxylic acids is 1. The molecule has 27 heavy (non-hydrogen) atoms. The van der Waals surface area contributed by atoms with E-state index in [1.54, 1.807) is 4.90 Å². The maximum Gasteiger partial charge on any atom is 0.392 e. The van der Waals surface area contributed by atoms with Crippen LogP contribution in [0.25, 0.3) is 0 Å². The number of piperidine rings is 1. The first-order chi connectivity index (χ1) is 12.6. The highest BCUT2D eigenvalue weighted by Crippen LogP contribution is 2.56. The highest BCUT2D eigenvalue weighted by molar-refractivity contribution is 5.75. The third-order valence-corrected chi connectivity index (χ3v) is 6.67. The summed E-state index contributed by atoms with van der Waals surface area (Å²) in [6.45, 7) is 2.82. The van der Waals surface area contributed by atoms with Gasteiger partial charge >= 0.3 is 18.2 Å². The number of hydrogen-bond donors (Lipinski definition) is 2. The Balaban J connectivity index is 1.50. The van der Waals surface area contributed by atoms with Crippen LogP contribution in [-0.4, -0.2) is 71.3 Å². The number of hydrogen-bond acceptors (Lipinski definition) is 3. The summed E-state index contributed by atoms with van der Waals surface area (Å²) in [5, 5.41) is 11.8. The van der Waals surface area contributed by atoms with Crippen molar-refractivity contribution in [1.29, 1.82) is 0 Å². The van der Waals surface area contributed by atoms with Gasteiger partial charge in [-0.3, -0.25) is 9.69 Å². The minimum Gasteiger partial charge on any atom is -0.480 e. The van der Waals surface area contributed by atoms with E-state index in [-0.39, 0.29) is 44.2 Å². The van der Waals surface area contributed by atoms with E-state index < -0.39 is 23.5 Å². The molecule has 1 aliphatic heterocycles. The molecule has 2 amide bonds. The summed E-state index contributed by atoms with van der Waals surface area (Å²) in [7, 11) is 0. The average molecular weight is 391 g/mol. The topological polar surface area (TPSA) is 72.9 Å². The van der Waals surface area contributed by atoms with Crippen LogP contribution in [-0.2, 0) is 4.79 Å². The summed E-state index contributed by atoms with van der Waals surface area (Å²) in [5.41, 5.74) is -0.795. The van der Waals surface area contributed by atoms with Crippen LogP contribution >= 0.6 is 0 Å². The zero-order valence-corrected chi connectivity index (χ0v) is 15.6. The zero-order valence-electron chi connectivity index (χ0n) is 15.6. The summed E-state index contributed by atoms with van der Waals surface area (Å²) in [6, 6.07) is -0.194. The molecule has 0 aromatic heterocycles. The zero-order chi connectivity index (χ0) is 19.8. The molecule has 0 aromatic carbocycles. The van der Waals surface area contributed by atoms with Crippen LogP contribution in [0.3, 0.4) is 0 Å². The van der Waals surface area contributed by atoms with Crippen molar-refractivity contribution in [3.05, 3.63) is 0 Å². The second-order valence-electron chi connectivity index (χ2n) is 8.25. The molecular formula is C18H28F3N3O3. The summed E-state index contributed by atoms with van der Waals surface area (Å²) < 4.78 is 40.0. The van der Waals surface area contributed by atoms with Crippen molar-refractivity contribution in [1.82, 2.24) is 15.1 Å². The molecule has 154 valence electrons. The van der Waals surface area contributed by atoms with Gasteiger partial charge in [-0.1, -0.05) is 13.3 Å². The van der Waals surface area contributed by atoms with Gasteiger partial charge in [0.1, 0.15) is 0 Å². The van der Waals surface area contributed by atoms with Gasteiger partial charge in [0.05, 0.1) is 12.5 Å². The van der Waals surface area contributed by atoms with Crippen molar-refractivity contribution in [3.63, 3.8) is 0 Å². The number of urea groups is 1. The molecule has 3 aliphatic rings. The van der Waals surface area contributed by atoms with Crippen molar-refractivity contribution in [2.75, 3.05) is 26.2 Å². The summed E-state index contributed by atoms with van der Waals surface area (Å²) in [6.07, 6.45) is -0.999. The summed E-state index contributed by atoms with van der Waals surface area (Å²) >= 11 is 0. The van der Waals surface area contributed by atoms with Gasteiger partial charge in [-0.05, 0) is 44.1 Å². The van der Waals surface area contributed by atoms with Crippen LogP contribution in [0.5, 0.6) is 0 Å². The van der Waals surface area contributed by atoms with Crippen LogP contribution in [0, 0.1) is 11.3 Å². The molecule has 2 aliphatic carbocycles. The van der Waals surface area contributed by atoms with Gasteiger partial charge in [0.2, 0.25) is 0 Å². The number of amides is 2. The van der Waals surface area contributed by atoms with Gasteiger partial charge in [0.15, 0.2) is 0 Å². The van der Waals surface area contributed by atoms with Crippen molar-refractivity contribution >= 4 is 12.0 Å². The fraction of sp³-hybridized carbons (Fsp3) is 0.889. The molecule has 9 heteroatoms. The van der Waals surface area contributed by atoms with E-state index in [2.05, 4.69) is 5.32 Å². The van der Waals surface area contributed by atoms with Gasteiger partial charge in [0, 0.05) is 25.2 Å². The number of carboxylic acids is 1. The standard InChI is InChI=1S/C18H28F3N3O3/c1-2-23(10-15(25)26)13-8-12(9-13)22-16(27)24-7-4-14(18(19,20)21)17(11-24)5-3-6-17/h12-14H,2-11H2,1H3,(H,22,27)(H,25,26). The Morgan fingerprint density at radius 2 is 1.96 bits per heavy atom. The third kappa shape index (κ3) is 4.17. The first kappa shape index (κ1) is 20.2. The van der Waals surface area contributed by atoms with Crippen molar-refractivity contribution < 1.29 is 27.9 Å². The van der Waals surface area contributed by atoms with Crippen LogP contribution in [0.15, 0.2) is 0 Å². The molecule has 1 spiro atoms. The predicted molar refractivity (Wildman–Crippen MR) is 92.2 cm³/mol. The molecular weight excluding hydrogens is 363 g/mol. The molecule has 3 fully saturated rings. The number of carbonyl (C=O) groups is 2. The van der Waals surface area contributed by atoms with Gasteiger partial charge in [-0.15, -0.1) is 0 Å². The molecule has 1 saturated heterocycles. The monoisotopic (exact) mass is 391 g/mol. The van der Waals surface area contributed by atoms with E-state index in [9.17, 15) is 22.8 Å². The minimum atomic E-state index is -4.20. The second kappa shape index (κ2) is 7.48.